The highest BCUT2D eigenvalue weighted by Crippen LogP contribution is 2.29. The van der Waals surface area contributed by atoms with Gasteiger partial charge in [0, 0.05) is 6.54 Å². The molecule has 22 heavy (non-hydrogen) atoms. The number of carbonyl (C=O) groups excluding carboxylic acids is 1. The SMILES string of the molecule is CCCCNC(=O)NS(=O)(=O)c1ccccc1OC(F)(F)F. The lowest BCUT2D eigenvalue weighted by molar-refractivity contribution is -0.275. The predicted molar refractivity (Wildman–Crippen MR) is 71.8 cm³/mol. The third-order valence-corrected chi connectivity index (χ3v) is 3.78. The molecule has 0 atom stereocenters. The summed E-state index contributed by atoms with van der Waals surface area (Å²) in [5.41, 5.74) is 0. The molecular weight excluding hydrogens is 325 g/mol. The van der Waals surface area contributed by atoms with Gasteiger partial charge in [-0.15, -0.1) is 13.2 Å². The Bertz CT molecular complexity index is 617. The maximum atomic E-state index is 12.3. The van der Waals surface area contributed by atoms with Crippen molar-refractivity contribution in [3.8, 4) is 5.75 Å². The van der Waals surface area contributed by atoms with Crippen LogP contribution in [0.4, 0.5) is 18.0 Å². The molecule has 124 valence electrons. The highest BCUT2D eigenvalue weighted by atomic mass is 32.2. The fraction of sp³-hybridized carbons (Fsp3) is 0.417. The summed E-state index contributed by atoms with van der Waals surface area (Å²) in [5, 5.41) is 2.28. The molecule has 2 N–H and O–H groups in total. The molecule has 0 radical (unpaired) electrons. The van der Waals surface area contributed by atoms with Gasteiger partial charge >= 0.3 is 12.4 Å². The molecule has 1 rings (SSSR count). The van der Waals surface area contributed by atoms with Gasteiger partial charge in [0.25, 0.3) is 10.0 Å². The van der Waals surface area contributed by atoms with Gasteiger partial charge in [0.1, 0.15) is 10.6 Å². The van der Waals surface area contributed by atoms with Crippen molar-refractivity contribution in [1.29, 1.82) is 0 Å². The second-order valence-electron chi connectivity index (χ2n) is 4.21. The zero-order chi connectivity index (χ0) is 16.8. The van der Waals surface area contributed by atoms with Crippen molar-refractivity contribution in [2.75, 3.05) is 6.54 Å². The van der Waals surface area contributed by atoms with Crippen molar-refractivity contribution in [2.24, 2.45) is 0 Å². The first-order valence-corrected chi connectivity index (χ1v) is 7.79. The van der Waals surface area contributed by atoms with Gasteiger partial charge in [-0.1, -0.05) is 25.5 Å². The molecule has 0 aliphatic heterocycles. The number of rotatable bonds is 6. The molecule has 6 nitrogen and oxygen atoms in total. The Hall–Kier alpha value is -1.97. The molecule has 0 unspecified atom stereocenters. The number of nitrogens with one attached hydrogen (secondary N) is 2. The second-order valence-corrected chi connectivity index (χ2v) is 5.86. The average Bonchev–Trinajstić information content (AvgIpc) is 2.37. The Labute approximate surface area is 125 Å². The number of hydrogen-bond donors (Lipinski definition) is 2. The summed E-state index contributed by atoms with van der Waals surface area (Å²) in [7, 11) is -4.49. The van der Waals surface area contributed by atoms with Crippen molar-refractivity contribution >= 4 is 16.1 Å². The molecule has 0 aliphatic rings. The van der Waals surface area contributed by atoms with Crippen LogP contribution < -0.4 is 14.8 Å². The molecule has 1 aromatic carbocycles. The van der Waals surface area contributed by atoms with Gasteiger partial charge in [-0.3, -0.25) is 0 Å². The quantitative estimate of drug-likeness (QED) is 0.779. The zero-order valence-corrected chi connectivity index (χ0v) is 12.4. The third-order valence-electron chi connectivity index (χ3n) is 2.41. The summed E-state index contributed by atoms with van der Waals surface area (Å²) < 4.78 is 66.0. The van der Waals surface area contributed by atoms with Crippen LogP contribution in [0.25, 0.3) is 0 Å². The standard InChI is InChI=1S/C12H15F3N2O4S/c1-2-3-8-16-11(18)17-22(19,20)10-7-5-4-6-9(10)21-12(13,14)15/h4-7H,2-3,8H2,1H3,(H2,16,17,18). The normalized spacial score (nSPS) is 11.8. The number of sulfonamides is 1. The number of halogens is 3. The van der Waals surface area contributed by atoms with E-state index in [0.717, 1.165) is 18.6 Å². The number of urea groups is 1. The van der Waals surface area contributed by atoms with E-state index in [2.05, 4.69) is 10.1 Å². The number of para-hydroxylation sites is 1. The van der Waals surface area contributed by atoms with Crippen LogP contribution in [-0.4, -0.2) is 27.4 Å². The van der Waals surface area contributed by atoms with Gasteiger partial charge in [0.15, 0.2) is 0 Å². The van der Waals surface area contributed by atoms with Crippen LogP contribution >= 0.6 is 0 Å². The van der Waals surface area contributed by atoms with Crippen molar-refractivity contribution in [3.05, 3.63) is 24.3 Å². The molecule has 0 aliphatic carbocycles. The Kier molecular flexibility index (Phi) is 6.03. The summed E-state index contributed by atoms with van der Waals surface area (Å²) >= 11 is 0. The molecule has 0 spiro atoms. The number of alkyl halides is 3. The fourth-order valence-electron chi connectivity index (χ4n) is 1.47. The van der Waals surface area contributed by atoms with E-state index in [4.69, 9.17) is 0 Å². The van der Waals surface area contributed by atoms with Crippen LogP contribution in [0.3, 0.4) is 0 Å². The predicted octanol–water partition coefficient (Wildman–Crippen LogP) is 2.37. The Morgan fingerprint density at radius 3 is 2.50 bits per heavy atom. The molecular formula is C12H15F3N2O4S. The van der Waals surface area contributed by atoms with E-state index in [-0.39, 0.29) is 6.54 Å². The summed E-state index contributed by atoms with van der Waals surface area (Å²) in [4.78, 5) is 10.7. The van der Waals surface area contributed by atoms with E-state index in [1.807, 2.05) is 6.92 Å². The van der Waals surface area contributed by atoms with Crippen LogP contribution in [0, 0.1) is 0 Å². The number of unbranched alkanes of at least 4 members (excludes halogenated alkanes) is 1. The van der Waals surface area contributed by atoms with E-state index < -0.39 is 33.1 Å². The van der Waals surface area contributed by atoms with Crippen LogP contribution in [0.2, 0.25) is 0 Å². The average molecular weight is 340 g/mol. The lowest BCUT2D eigenvalue weighted by Crippen LogP contribution is -2.40. The van der Waals surface area contributed by atoms with Crippen LogP contribution in [0.1, 0.15) is 19.8 Å². The zero-order valence-electron chi connectivity index (χ0n) is 11.6. The highest BCUT2D eigenvalue weighted by Gasteiger charge is 2.34. The summed E-state index contributed by atoms with van der Waals surface area (Å²) in [6, 6.07) is 3.13. The molecule has 0 saturated carbocycles. The second kappa shape index (κ2) is 7.34. The first-order chi connectivity index (χ1) is 10.2. The van der Waals surface area contributed by atoms with Crippen molar-refractivity contribution in [1.82, 2.24) is 10.0 Å². The Morgan fingerprint density at radius 2 is 1.91 bits per heavy atom. The van der Waals surface area contributed by atoms with E-state index >= 15 is 0 Å². The summed E-state index contributed by atoms with van der Waals surface area (Å²) in [5.74, 6) is -0.913. The lowest BCUT2D eigenvalue weighted by Gasteiger charge is -2.14. The van der Waals surface area contributed by atoms with Gasteiger partial charge in [-0.25, -0.2) is 17.9 Å². The largest absolute Gasteiger partial charge is 0.573 e. The molecule has 0 heterocycles. The number of benzene rings is 1. The molecule has 1 aromatic rings. The molecule has 0 bridgehead atoms. The maximum absolute atomic E-state index is 12.3. The summed E-state index contributed by atoms with van der Waals surface area (Å²) in [6.07, 6.45) is -3.62. The van der Waals surface area contributed by atoms with Gasteiger partial charge < -0.3 is 10.1 Å². The van der Waals surface area contributed by atoms with Crippen molar-refractivity contribution in [3.63, 3.8) is 0 Å². The third kappa shape index (κ3) is 5.80. The molecule has 0 aromatic heterocycles. The van der Waals surface area contributed by atoms with Crippen molar-refractivity contribution < 1.29 is 31.1 Å². The molecule has 0 saturated heterocycles. The van der Waals surface area contributed by atoms with Gasteiger partial charge in [0.05, 0.1) is 0 Å². The monoisotopic (exact) mass is 340 g/mol. The minimum atomic E-state index is -5.05. The van der Waals surface area contributed by atoms with Crippen LogP contribution in [-0.2, 0) is 10.0 Å². The van der Waals surface area contributed by atoms with Crippen LogP contribution in [0.15, 0.2) is 29.2 Å². The smallest absolute Gasteiger partial charge is 0.404 e. The number of amides is 2. The highest BCUT2D eigenvalue weighted by molar-refractivity contribution is 7.90. The van der Waals surface area contributed by atoms with Gasteiger partial charge in [-0.05, 0) is 18.6 Å². The Balaban J connectivity index is 2.91. The minimum absolute atomic E-state index is 0.249. The number of ether oxygens (including phenoxy) is 1. The first kappa shape index (κ1) is 18.1. The number of hydrogen-bond acceptors (Lipinski definition) is 4. The minimum Gasteiger partial charge on any atom is -0.404 e. The number of carbonyl (C=O) groups is 1. The van der Waals surface area contributed by atoms with E-state index in [1.165, 1.54) is 12.1 Å². The van der Waals surface area contributed by atoms with E-state index in [1.54, 1.807) is 4.72 Å². The maximum Gasteiger partial charge on any atom is 0.573 e. The van der Waals surface area contributed by atoms with Crippen LogP contribution in [0.5, 0.6) is 5.75 Å². The molecule has 10 heteroatoms. The van der Waals surface area contributed by atoms with Crippen molar-refractivity contribution in [2.45, 2.75) is 31.0 Å². The lowest BCUT2D eigenvalue weighted by atomic mass is 10.3. The van der Waals surface area contributed by atoms with E-state index in [9.17, 15) is 26.4 Å². The molecule has 2 amide bonds. The summed E-state index contributed by atoms with van der Waals surface area (Å²) in [6.45, 7) is 2.12. The van der Waals surface area contributed by atoms with E-state index in [0.29, 0.717) is 6.42 Å². The first-order valence-electron chi connectivity index (χ1n) is 6.31. The fourth-order valence-corrected chi connectivity index (χ4v) is 2.53. The topological polar surface area (TPSA) is 84.5 Å². The Morgan fingerprint density at radius 1 is 1.27 bits per heavy atom. The van der Waals surface area contributed by atoms with Gasteiger partial charge in [0.2, 0.25) is 0 Å². The molecule has 0 fully saturated rings. The van der Waals surface area contributed by atoms with Gasteiger partial charge in [-0.2, -0.15) is 0 Å².